The second-order valence-corrected chi connectivity index (χ2v) is 6.72. The van der Waals surface area contributed by atoms with Crippen molar-refractivity contribution in [2.45, 2.75) is 19.9 Å². The van der Waals surface area contributed by atoms with E-state index >= 15 is 0 Å². The van der Waals surface area contributed by atoms with Crippen LogP contribution in [0.2, 0.25) is 5.02 Å². The Morgan fingerprint density at radius 2 is 2.08 bits per heavy atom. The molecule has 0 N–H and O–H groups in total. The topological polar surface area (TPSA) is 43.6 Å². The third-order valence-electron chi connectivity index (χ3n) is 3.60. The molecule has 24 heavy (non-hydrogen) atoms. The number of hydrogen-bond acceptors (Lipinski definition) is 3. The van der Waals surface area contributed by atoms with Crippen LogP contribution in [0.25, 0.3) is 10.2 Å². The van der Waals surface area contributed by atoms with Gasteiger partial charge in [-0.15, -0.1) is 0 Å². The maximum atomic E-state index is 12.5. The summed E-state index contributed by atoms with van der Waals surface area (Å²) in [6.45, 7) is 2.86. The van der Waals surface area contributed by atoms with Crippen LogP contribution in [0.3, 0.4) is 0 Å². The molecule has 0 saturated heterocycles. The Bertz CT molecular complexity index is 959. The van der Waals surface area contributed by atoms with Crippen LogP contribution in [0.15, 0.2) is 47.5 Å². The maximum Gasteiger partial charge on any atom is 0.279 e. The molecule has 0 aliphatic carbocycles. The number of halogens is 1. The average molecular weight is 361 g/mol. The molecule has 0 fully saturated rings. The number of thiazole rings is 1. The minimum atomic E-state index is -0.298. The lowest BCUT2D eigenvalue weighted by molar-refractivity contribution is 0.0998. The summed E-state index contributed by atoms with van der Waals surface area (Å²) in [7, 11) is 1.65. The largest absolute Gasteiger partial charge is 0.495 e. The van der Waals surface area contributed by atoms with Crippen molar-refractivity contribution in [3.63, 3.8) is 0 Å². The average Bonchev–Trinajstić information content (AvgIpc) is 2.92. The molecule has 2 aromatic carbocycles. The van der Waals surface area contributed by atoms with E-state index in [4.69, 9.17) is 16.3 Å². The highest BCUT2D eigenvalue weighted by atomic mass is 35.5. The van der Waals surface area contributed by atoms with Crippen LogP contribution in [0.1, 0.15) is 23.7 Å². The smallest absolute Gasteiger partial charge is 0.279 e. The highest BCUT2D eigenvalue weighted by Crippen LogP contribution is 2.27. The van der Waals surface area contributed by atoms with Gasteiger partial charge in [0.05, 0.1) is 11.8 Å². The first-order valence-corrected chi connectivity index (χ1v) is 8.84. The van der Waals surface area contributed by atoms with Gasteiger partial charge >= 0.3 is 0 Å². The highest BCUT2D eigenvalue weighted by molar-refractivity contribution is 7.16. The molecular weight excluding hydrogens is 344 g/mol. The number of amides is 1. The van der Waals surface area contributed by atoms with Gasteiger partial charge in [0.15, 0.2) is 4.80 Å². The van der Waals surface area contributed by atoms with E-state index in [0.29, 0.717) is 15.4 Å². The van der Waals surface area contributed by atoms with Crippen molar-refractivity contribution < 1.29 is 9.53 Å². The van der Waals surface area contributed by atoms with Gasteiger partial charge in [0.2, 0.25) is 0 Å². The number of hydrogen-bond donors (Lipinski definition) is 0. The van der Waals surface area contributed by atoms with Gasteiger partial charge < -0.3 is 9.30 Å². The van der Waals surface area contributed by atoms with E-state index in [1.807, 2.05) is 22.8 Å². The summed E-state index contributed by atoms with van der Waals surface area (Å²) in [5.74, 6) is 0.488. The number of rotatable bonds is 4. The molecule has 0 radical (unpaired) electrons. The van der Waals surface area contributed by atoms with E-state index in [0.717, 1.165) is 28.9 Å². The van der Waals surface area contributed by atoms with Crippen LogP contribution in [-0.2, 0) is 6.54 Å². The number of para-hydroxylation sites is 1. The molecule has 0 unspecified atom stereocenters. The normalized spacial score (nSPS) is 11.9. The fourth-order valence-electron chi connectivity index (χ4n) is 2.55. The number of benzene rings is 2. The van der Waals surface area contributed by atoms with Crippen molar-refractivity contribution in [1.82, 2.24) is 4.57 Å². The SMILES string of the molecule is CCCn1c(=NC(=O)c2cccc(Cl)c2)sc2cccc(OC)c21. The first kappa shape index (κ1) is 16.7. The molecule has 6 heteroatoms. The van der Waals surface area contributed by atoms with E-state index in [1.54, 1.807) is 31.4 Å². The molecular formula is C18H17ClN2O2S. The zero-order valence-corrected chi connectivity index (χ0v) is 15.0. The predicted octanol–water partition coefficient (Wildman–Crippen LogP) is 4.52. The lowest BCUT2D eigenvalue weighted by Gasteiger charge is -2.07. The first-order chi connectivity index (χ1) is 11.6. The molecule has 0 aliphatic heterocycles. The molecule has 1 aromatic heterocycles. The second kappa shape index (κ2) is 7.20. The molecule has 4 nitrogen and oxygen atoms in total. The van der Waals surface area contributed by atoms with E-state index in [9.17, 15) is 4.79 Å². The van der Waals surface area contributed by atoms with Gasteiger partial charge in [-0.25, -0.2) is 0 Å². The van der Waals surface area contributed by atoms with Crippen molar-refractivity contribution >= 4 is 39.1 Å². The molecule has 0 spiro atoms. The van der Waals surface area contributed by atoms with E-state index < -0.39 is 0 Å². The standard InChI is InChI=1S/C18H17ClN2O2S/c1-3-10-21-16-14(23-2)8-5-9-15(16)24-18(21)20-17(22)12-6-4-7-13(19)11-12/h4-9,11H,3,10H2,1-2H3. The summed E-state index contributed by atoms with van der Waals surface area (Å²) in [6.07, 6.45) is 0.933. The number of ether oxygens (including phenoxy) is 1. The van der Waals surface area contributed by atoms with Gasteiger partial charge in [-0.3, -0.25) is 4.79 Å². The van der Waals surface area contributed by atoms with Crippen molar-refractivity contribution in [3.8, 4) is 5.75 Å². The number of aromatic nitrogens is 1. The molecule has 3 aromatic rings. The third-order valence-corrected chi connectivity index (χ3v) is 4.88. The number of carbonyl (C=O) groups excluding carboxylic acids is 1. The van der Waals surface area contributed by atoms with E-state index in [2.05, 4.69) is 11.9 Å². The summed E-state index contributed by atoms with van der Waals surface area (Å²) >= 11 is 7.45. The summed E-state index contributed by atoms with van der Waals surface area (Å²) < 4.78 is 8.56. The number of methoxy groups -OCH3 is 1. The minimum absolute atomic E-state index is 0.298. The number of fused-ring (bicyclic) bond motifs is 1. The highest BCUT2D eigenvalue weighted by Gasteiger charge is 2.12. The summed E-state index contributed by atoms with van der Waals surface area (Å²) in [5.41, 5.74) is 1.46. The number of aryl methyl sites for hydroxylation is 1. The van der Waals surface area contributed by atoms with E-state index in [1.165, 1.54) is 11.3 Å². The van der Waals surface area contributed by atoms with Crippen LogP contribution in [0, 0.1) is 0 Å². The van der Waals surface area contributed by atoms with Crippen molar-refractivity contribution in [1.29, 1.82) is 0 Å². The minimum Gasteiger partial charge on any atom is -0.495 e. The Balaban J connectivity index is 2.18. The van der Waals surface area contributed by atoms with Gasteiger partial charge in [-0.1, -0.05) is 42.0 Å². The van der Waals surface area contributed by atoms with Gasteiger partial charge in [-0.05, 0) is 36.8 Å². The summed E-state index contributed by atoms with van der Waals surface area (Å²) in [6, 6.07) is 12.7. The van der Waals surface area contributed by atoms with Crippen LogP contribution >= 0.6 is 22.9 Å². The van der Waals surface area contributed by atoms with Crippen molar-refractivity contribution in [2.24, 2.45) is 4.99 Å². The number of nitrogens with zero attached hydrogens (tertiary/aromatic N) is 2. The predicted molar refractivity (Wildman–Crippen MR) is 98.0 cm³/mol. The van der Waals surface area contributed by atoms with Gasteiger partial charge in [0.25, 0.3) is 5.91 Å². The Morgan fingerprint density at radius 1 is 1.29 bits per heavy atom. The summed E-state index contributed by atoms with van der Waals surface area (Å²) in [5, 5.41) is 0.524. The fourth-order valence-corrected chi connectivity index (χ4v) is 3.81. The Kier molecular flexibility index (Phi) is 5.02. The molecule has 0 atom stereocenters. The third kappa shape index (κ3) is 3.23. The molecule has 124 valence electrons. The lowest BCUT2D eigenvalue weighted by atomic mass is 10.2. The molecule has 1 heterocycles. The fraction of sp³-hybridized carbons (Fsp3) is 0.222. The Labute approximate surface area is 149 Å². The van der Waals surface area contributed by atoms with Crippen molar-refractivity contribution in [2.75, 3.05) is 7.11 Å². The van der Waals surface area contributed by atoms with Crippen LogP contribution in [0.4, 0.5) is 0 Å². The van der Waals surface area contributed by atoms with Gasteiger partial charge in [0, 0.05) is 17.1 Å². The second-order valence-electron chi connectivity index (χ2n) is 5.27. The van der Waals surface area contributed by atoms with Crippen molar-refractivity contribution in [3.05, 3.63) is 57.9 Å². The Morgan fingerprint density at radius 3 is 2.79 bits per heavy atom. The molecule has 1 amide bonds. The Hall–Kier alpha value is -2.11. The van der Waals surface area contributed by atoms with Crippen LogP contribution in [-0.4, -0.2) is 17.6 Å². The van der Waals surface area contributed by atoms with Gasteiger partial charge in [0.1, 0.15) is 11.3 Å². The first-order valence-electron chi connectivity index (χ1n) is 7.65. The molecule has 0 saturated carbocycles. The molecule has 0 aliphatic rings. The molecule has 0 bridgehead atoms. The quantitative estimate of drug-likeness (QED) is 0.686. The number of carbonyl (C=O) groups is 1. The van der Waals surface area contributed by atoms with Gasteiger partial charge in [-0.2, -0.15) is 4.99 Å². The monoisotopic (exact) mass is 360 g/mol. The zero-order valence-electron chi connectivity index (χ0n) is 13.5. The van der Waals surface area contributed by atoms with E-state index in [-0.39, 0.29) is 5.91 Å². The van der Waals surface area contributed by atoms with Crippen LogP contribution < -0.4 is 9.54 Å². The molecule has 3 rings (SSSR count). The van der Waals surface area contributed by atoms with Crippen LogP contribution in [0.5, 0.6) is 5.75 Å². The zero-order chi connectivity index (χ0) is 17.1. The lowest BCUT2D eigenvalue weighted by Crippen LogP contribution is -2.17. The maximum absolute atomic E-state index is 12.5. The summed E-state index contributed by atoms with van der Waals surface area (Å²) in [4.78, 5) is 17.5.